The van der Waals surface area contributed by atoms with Gasteiger partial charge < -0.3 is 5.73 Å². The molecule has 2 atom stereocenters. The minimum atomic E-state index is 0.499. The molecule has 2 unspecified atom stereocenters. The average Bonchev–Trinajstić information content (AvgIpc) is 2.50. The number of hydrogen-bond donors (Lipinski definition) is 1. The Labute approximate surface area is 84.5 Å². The summed E-state index contributed by atoms with van der Waals surface area (Å²) in [6.07, 6.45) is 5.58. The highest BCUT2D eigenvalue weighted by Crippen LogP contribution is 2.35. The number of hydrogen-bond acceptors (Lipinski definition) is 3. The van der Waals surface area contributed by atoms with Crippen LogP contribution in [0.15, 0.2) is 6.20 Å². The second kappa shape index (κ2) is 3.59. The van der Waals surface area contributed by atoms with Gasteiger partial charge in [0.25, 0.3) is 0 Å². The van der Waals surface area contributed by atoms with Gasteiger partial charge in [-0.3, -0.25) is 0 Å². The quantitative estimate of drug-likeness (QED) is 0.742. The van der Waals surface area contributed by atoms with Crippen LogP contribution in [0.3, 0.4) is 0 Å². The van der Waals surface area contributed by atoms with Crippen LogP contribution in [0.25, 0.3) is 0 Å². The first-order valence-corrected chi connectivity index (χ1v) is 5.32. The van der Waals surface area contributed by atoms with E-state index < -0.39 is 0 Å². The van der Waals surface area contributed by atoms with Gasteiger partial charge in [-0.15, -0.1) is 5.10 Å². The van der Waals surface area contributed by atoms with E-state index in [0.717, 1.165) is 11.8 Å². The molecule has 4 nitrogen and oxygen atoms in total. The van der Waals surface area contributed by atoms with E-state index in [0.29, 0.717) is 11.9 Å². The van der Waals surface area contributed by atoms with E-state index in [1.807, 2.05) is 10.9 Å². The molecule has 78 valence electrons. The van der Waals surface area contributed by atoms with Crippen LogP contribution in [0.2, 0.25) is 0 Å². The number of nitrogen functional groups attached to an aromatic ring is 1. The molecule has 0 amide bonds. The van der Waals surface area contributed by atoms with Crippen molar-refractivity contribution in [2.24, 2.45) is 11.8 Å². The molecule has 1 aromatic rings. The van der Waals surface area contributed by atoms with Crippen LogP contribution in [-0.4, -0.2) is 15.0 Å². The smallest absolute Gasteiger partial charge is 0.165 e. The van der Waals surface area contributed by atoms with Crippen LogP contribution >= 0.6 is 0 Å². The molecule has 2 rings (SSSR count). The fourth-order valence-corrected chi connectivity index (χ4v) is 2.59. The molecule has 0 spiro atoms. The summed E-state index contributed by atoms with van der Waals surface area (Å²) in [5, 5.41) is 7.88. The van der Waals surface area contributed by atoms with Crippen LogP contribution < -0.4 is 5.73 Å². The molecule has 14 heavy (non-hydrogen) atoms. The molecule has 0 saturated heterocycles. The predicted octanol–water partition coefficient (Wildman–Crippen LogP) is 1.86. The summed E-state index contributed by atoms with van der Waals surface area (Å²) in [5.41, 5.74) is 5.56. The summed E-state index contributed by atoms with van der Waals surface area (Å²) in [6, 6.07) is 0.499. The molecule has 2 N–H and O–H groups in total. The highest BCUT2D eigenvalue weighted by atomic mass is 15.4. The predicted molar refractivity (Wildman–Crippen MR) is 55.7 cm³/mol. The molecular formula is C10H18N4. The lowest BCUT2D eigenvalue weighted by atomic mass is 9.80. The first-order valence-electron chi connectivity index (χ1n) is 5.32. The molecule has 1 fully saturated rings. The summed E-state index contributed by atoms with van der Waals surface area (Å²) in [4.78, 5) is 0. The number of aromatic nitrogens is 3. The van der Waals surface area contributed by atoms with Gasteiger partial charge in [0.05, 0.1) is 12.2 Å². The van der Waals surface area contributed by atoms with Gasteiger partial charge in [0.1, 0.15) is 0 Å². The van der Waals surface area contributed by atoms with Gasteiger partial charge >= 0.3 is 0 Å². The van der Waals surface area contributed by atoms with Gasteiger partial charge in [-0.25, -0.2) is 4.68 Å². The Morgan fingerprint density at radius 2 is 1.93 bits per heavy atom. The number of nitrogens with zero attached hydrogens (tertiary/aromatic N) is 3. The third kappa shape index (κ3) is 1.89. The van der Waals surface area contributed by atoms with E-state index in [9.17, 15) is 0 Å². The molecular weight excluding hydrogens is 176 g/mol. The molecule has 4 heteroatoms. The van der Waals surface area contributed by atoms with E-state index in [4.69, 9.17) is 5.73 Å². The maximum absolute atomic E-state index is 5.56. The zero-order valence-electron chi connectivity index (χ0n) is 8.85. The van der Waals surface area contributed by atoms with Crippen molar-refractivity contribution >= 4 is 5.82 Å². The van der Waals surface area contributed by atoms with Gasteiger partial charge in [0.15, 0.2) is 5.82 Å². The van der Waals surface area contributed by atoms with Crippen molar-refractivity contribution < 1.29 is 0 Å². The van der Waals surface area contributed by atoms with E-state index >= 15 is 0 Å². The van der Waals surface area contributed by atoms with E-state index in [1.54, 1.807) is 0 Å². The maximum Gasteiger partial charge on any atom is 0.165 e. The SMILES string of the molecule is CC1CC(C)CC(n2cc(N)nn2)C1. The zero-order chi connectivity index (χ0) is 10.1. The average molecular weight is 194 g/mol. The van der Waals surface area contributed by atoms with Crippen molar-refractivity contribution in [2.45, 2.75) is 39.2 Å². The van der Waals surface area contributed by atoms with Gasteiger partial charge in [-0.1, -0.05) is 19.1 Å². The molecule has 0 bridgehead atoms. The summed E-state index contributed by atoms with van der Waals surface area (Å²) < 4.78 is 1.93. The minimum absolute atomic E-state index is 0.499. The molecule has 1 heterocycles. The summed E-state index contributed by atoms with van der Waals surface area (Å²) in [5.74, 6) is 2.10. The number of nitrogens with two attached hydrogens (primary N) is 1. The summed E-state index contributed by atoms with van der Waals surface area (Å²) in [7, 11) is 0. The van der Waals surface area contributed by atoms with Crippen LogP contribution in [-0.2, 0) is 0 Å². The Balaban J connectivity index is 2.10. The van der Waals surface area contributed by atoms with Crippen molar-refractivity contribution in [2.75, 3.05) is 5.73 Å². The zero-order valence-corrected chi connectivity index (χ0v) is 8.85. The van der Waals surface area contributed by atoms with Crippen molar-refractivity contribution in [3.8, 4) is 0 Å². The normalized spacial score (nSPS) is 33.1. The van der Waals surface area contributed by atoms with Crippen LogP contribution in [0.4, 0.5) is 5.82 Å². The van der Waals surface area contributed by atoms with Gasteiger partial charge in [-0.2, -0.15) is 0 Å². The molecule has 0 aliphatic heterocycles. The standard InChI is InChI=1S/C10H18N4/c1-7-3-8(2)5-9(4-7)14-6-10(11)12-13-14/h6-9H,3-5,11H2,1-2H3. The van der Waals surface area contributed by atoms with E-state index in [-0.39, 0.29) is 0 Å². The van der Waals surface area contributed by atoms with E-state index in [2.05, 4.69) is 24.2 Å². The van der Waals surface area contributed by atoms with Gasteiger partial charge in [0.2, 0.25) is 0 Å². The Morgan fingerprint density at radius 3 is 2.43 bits per heavy atom. The fourth-order valence-electron chi connectivity index (χ4n) is 2.59. The highest BCUT2D eigenvalue weighted by molar-refractivity contribution is 5.20. The van der Waals surface area contributed by atoms with Crippen molar-refractivity contribution in [3.63, 3.8) is 0 Å². The lowest BCUT2D eigenvalue weighted by molar-refractivity contribution is 0.208. The number of anilines is 1. The Morgan fingerprint density at radius 1 is 1.29 bits per heavy atom. The largest absolute Gasteiger partial charge is 0.381 e. The molecule has 1 aromatic heterocycles. The van der Waals surface area contributed by atoms with Crippen LogP contribution in [0.1, 0.15) is 39.2 Å². The molecule has 1 saturated carbocycles. The third-order valence-electron chi connectivity index (χ3n) is 3.06. The molecule has 0 aromatic carbocycles. The summed E-state index contributed by atoms with van der Waals surface area (Å²) in [6.45, 7) is 4.62. The molecule has 1 aliphatic rings. The topological polar surface area (TPSA) is 56.7 Å². The molecule has 0 radical (unpaired) electrons. The van der Waals surface area contributed by atoms with Gasteiger partial charge in [0, 0.05) is 0 Å². The van der Waals surface area contributed by atoms with Crippen molar-refractivity contribution in [1.29, 1.82) is 0 Å². The monoisotopic (exact) mass is 194 g/mol. The maximum atomic E-state index is 5.56. The van der Waals surface area contributed by atoms with Crippen molar-refractivity contribution in [1.82, 2.24) is 15.0 Å². The highest BCUT2D eigenvalue weighted by Gasteiger charge is 2.25. The third-order valence-corrected chi connectivity index (χ3v) is 3.06. The Hall–Kier alpha value is -1.06. The van der Waals surface area contributed by atoms with E-state index in [1.165, 1.54) is 19.3 Å². The lowest BCUT2D eigenvalue weighted by Gasteiger charge is -2.31. The Kier molecular flexibility index (Phi) is 2.44. The van der Waals surface area contributed by atoms with Crippen LogP contribution in [0.5, 0.6) is 0 Å². The minimum Gasteiger partial charge on any atom is -0.381 e. The first kappa shape index (κ1) is 9.49. The van der Waals surface area contributed by atoms with Gasteiger partial charge in [-0.05, 0) is 31.1 Å². The lowest BCUT2D eigenvalue weighted by Crippen LogP contribution is -2.23. The second-order valence-electron chi connectivity index (χ2n) is 4.69. The van der Waals surface area contributed by atoms with Crippen LogP contribution in [0, 0.1) is 11.8 Å². The fraction of sp³-hybridized carbons (Fsp3) is 0.800. The Bertz CT molecular complexity index is 297. The first-order chi connectivity index (χ1) is 6.65. The number of rotatable bonds is 1. The second-order valence-corrected chi connectivity index (χ2v) is 4.69. The molecule has 1 aliphatic carbocycles. The van der Waals surface area contributed by atoms with Crippen molar-refractivity contribution in [3.05, 3.63) is 6.20 Å². The summed E-state index contributed by atoms with van der Waals surface area (Å²) >= 11 is 0.